The highest BCUT2D eigenvalue weighted by Gasteiger charge is 2.23. The maximum Gasteiger partial charge on any atom is 0.254 e. The highest BCUT2D eigenvalue weighted by molar-refractivity contribution is 5.94. The molecule has 3 rings (SSSR count). The van der Waals surface area contributed by atoms with Gasteiger partial charge in [-0.3, -0.25) is 14.6 Å². The summed E-state index contributed by atoms with van der Waals surface area (Å²) < 4.78 is 13.9. The Bertz CT molecular complexity index is 1000. The average Bonchev–Trinajstić information content (AvgIpc) is 2.66. The molecule has 1 amide bonds. The fourth-order valence-electron chi connectivity index (χ4n) is 2.72. The number of hydrogen-bond donors (Lipinski definition) is 2. The fourth-order valence-corrected chi connectivity index (χ4v) is 2.72. The van der Waals surface area contributed by atoms with E-state index in [9.17, 15) is 14.0 Å². The molecular formula is C20H19FN4O2. The van der Waals surface area contributed by atoms with Gasteiger partial charge in [0, 0.05) is 24.0 Å². The molecule has 0 saturated carbocycles. The zero-order valence-corrected chi connectivity index (χ0v) is 14.9. The molecule has 6 nitrogen and oxygen atoms in total. The van der Waals surface area contributed by atoms with Crippen LogP contribution in [-0.2, 0) is 0 Å². The lowest BCUT2D eigenvalue weighted by molar-refractivity contribution is 0.0920. The van der Waals surface area contributed by atoms with Crippen molar-refractivity contribution in [3.63, 3.8) is 0 Å². The van der Waals surface area contributed by atoms with Crippen molar-refractivity contribution < 1.29 is 9.18 Å². The fraction of sp³-hybridized carbons (Fsp3) is 0.200. The van der Waals surface area contributed by atoms with Crippen LogP contribution in [0.15, 0.2) is 59.7 Å². The number of nitrogens with zero attached hydrogens (tertiary/aromatic N) is 2. The van der Waals surface area contributed by atoms with Gasteiger partial charge in [0.25, 0.3) is 11.5 Å². The third kappa shape index (κ3) is 4.25. The molecule has 0 radical (unpaired) electrons. The Labute approximate surface area is 155 Å². The van der Waals surface area contributed by atoms with Gasteiger partial charge in [-0.15, -0.1) is 0 Å². The Morgan fingerprint density at radius 2 is 1.96 bits per heavy atom. The van der Waals surface area contributed by atoms with E-state index >= 15 is 0 Å². The van der Waals surface area contributed by atoms with E-state index in [1.54, 1.807) is 30.6 Å². The molecule has 3 aromatic rings. The Hall–Kier alpha value is -3.35. The number of carbonyl (C=O) groups is 1. The summed E-state index contributed by atoms with van der Waals surface area (Å²) in [5.41, 5.74) is 0.654. The zero-order chi connectivity index (χ0) is 19.4. The summed E-state index contributed by atoms with van der Waals surface area (Å²) in [5, 5.41) is 2.79. The molecule has 2 heterocycles. The number of carbonyl (C=O) groups excluding carboxylic acids is 1. The van der Waals surface area contributed by atoms with Gasteiger partial charge in [-0.1, -0.05) is 26.0 Å². The second kappa shape index (κ2) is 7.90. The lowest BCUT2D eigenvalue weighted by Crippen LogP contribution is -2.33. The minimum atomic E-state index is -0.604. The van der Waals surface area contributed by atoms with E-state index in [1.807, 2.05) is 13.8 Å². The lowest BCUT2D eigenvalue weighted by Gasteiger charge is -2.22. The third-order valence-electron chi connectivity index (χ3n) is 4.09. The Morgan fingerprint density at radius 3 is 2.63 bits per heavy atom. The van der Waals surface area contributed by atoms with Gasteiger partial charge in [0.15, 0.2) is 0 Å². The summed E-state index contributed by atoms with van der Waals surface area (Å²) in [6.45, 7) is 3.78. The summed E-state index contributed by atoms with van der Waals surface area (Å²) in [6.07, 6.45) is 3.21. The molecule has 0 aliphatic heterocycles. The van der Waals surface area contributed by atoms with E-state index in [0.29, 0.717) is 17.1 Å². The first-order valence-corrected chi connectivity index (χ1v) is 8.52. The van der Waals surface area contributed by atoms with Crippen LogP contribution in [0.1, 0.15) is 35.9 Å². The summed E-state index contributed by atoms with van der Waals surface area (Å²) in [4.78, 5) is 35.8. The Balaban J connectivity index is 1.96. The summed E-state index contributed by atoms with van der Waals surface area (Å²) in [5.74, 6) is -0.877. The summed E-state index contributed by atoms with van der Waals surface area (Å²) in [6, 6.07) is 10.0. The van der Waals surface area contributed by atoms with Crippen molar-refractivity contribution in [2.45, 2.75) is 19.9 Å². The molecular weight excluding hydrogens is 347 g/mol. The van der Waals surface area contributed by atoms with Crippen LogP contribution in [0.2, 0.25) is 0 Å². The molecule has 0 unspecified atom stereocenters. The van der Waals surface area contributed by atoms with Gasteiger partial charge in [-0.2, -0.15) is 0 Å². The van der Waals surface area contributed by atoms with Crippen LogP contribution in [0, 0.1) is 11.7 Å². The first-order chi connectivity index (χ1) is 13.0. The first-order valence-electron chi connectivity index (χ1n) is 8.52. The Kier molecular flexibility index (Phi) is 5.40. The molecule has 0 aliphatic rings. The second-order valence-corrected chi connectivity index (χ2v) is 6.44. The molecule has 1 aromatic carbocycles. The number of benzene rings is 1. The van der Waals surface area contributed by atoms with E-state index in [-0.39, 0.29) is 17.0 Å². The predicted octanol–water partition coefficient (Wildman–Crippen LogP) is 3.10. The van der Waals surface area contributed by atoms with Crippen molar-refractivity contribution >= 4 is 5.91 Å². The number of halogens is 1. The monoisotopic (exact) mass is 366 g/mol. The van der Waals surface area contributed by atoms with Crippen LogP contribution in [0.4, 0.5) is 4.39 Å². The van der Waals surface area contributed by atoms with Crippen LogP contribution in [0.25, 0.3) is 11.4 Å². The minimum Gasteiger partial charge on any atom is -0.343 e. The quantitative estimate of drug-likeness (QED) is 0.726. The van der Waals surface area contributed by atoms with Gasteiger partial charge in [0.05, 0.1) is 17.3 Å². The standard InChI is InChI=1S/C20H19FN4O2/c1-12(2)18(25-20(27)14-7-3-4-8-15(14)21)16-10-17(26)24-19(23-16)13-6-5-9-22-11-13/h3-12,18H,1-2H3,(H,25,27)(H,23,24,26)/t18-/m0/s1. The van der Waals surface area contributed by atoms with Crippen molar-refractivity contribution in [1.82, 2.24) is 20.3 Å². The largest absolute Gasteiger partial charge is 0.343 e. The van der Waals surface area contributed by atoms with E-state index in [2.05, 4.69) is 20.3 Å². The molecule has 0 bridgehead atoms. The van der Waals surface area contributed by atoms with Crippen LogP contribution >= 0.6 is 0 Å². The summed E-state index contributed by atoms with van der Waals surface area (Å²) in [7, 11) is 0. The van der Waals surface area contributed by atoms with Crippen molar-refractivity contribution in [3.8, 4) is 11.4 Å². The number of H-pyrrole nitrogens is 1. The second-order valence-electron chi connectivity index (χ2n) is 6.44. The van der Waals surface area contributed by atoms with Crippen LogP contribution < -0.4 is 10.9 Å². The number of aromatic nitrogens is 3. The molecule has 0 saturated heterocycles. The number of hydrogen-bond acceptors (Lipinski definition) is 4. The van der Waals surface area contributed by atoms with Crippen LogP contribution in [-0.4, -0.2) is 20.9 Å². The summed E-state index contributed by atoms with van der Waals surface area (Å²) >= 11 is 0. The van der Waals surface area contributed by atoms with Crippen molar-refractivity contribution in [1.29, 1.82) is 0 Å². The smallest absolute Gasteiger partial charge is 0.254 e. The normalized spacial score (nSPS) is 12.0. The number of amides is 1. The van der Waals surface area contributed by atoms with E-state index in [4.69, 9.17) is 0 Å². The van der Waals surface area contributed by atoms with Crippen LogP contribution in [0.5, 0.6) is 0 Å². The number of pyridine rings is 1. The van der Waals surface area contributed by atoms with E-state index in [0.717, 1.165) is 0 Å². The zero-order valence-electron chi connectivity index (χ0n) is 14.9. The van der Waals surface area contributed by atoms with Crippen molar-refractivity contribution in [3.05, 3.63) is 82.3 Å². The maximum absolute atomic E-state index is 13.9. The van der Waals surface area contributed by atoms with Gasteiger partial charge < -0.3 is 10.3 Å². The molecule has 2 aromatic heterocycles. The lowest BCUT2D eigenvalue weighted by atomic mass is 9.99. The van der Waals surface area contributed by atoms with Gasteiger partial charge in [-0.25, -0.2) is 9.37 Å². The maximum atomic E-state index is 13.9. The molecule has 138 valence electrons. The molecule has 7 heteroatoms. The first kappa shape index (κ1) is 18.4. The van der Waals surface area contributed by atoms with E-state index < -0.39 is 17.8 Å². The number of nitrogens with one attached hydrogen (secondary N) is 2. The number of rotatable bonds is 5. The average molecular weight is 366 g/mol. The van der Waals surface area contributed by atoms with Gasteiger partial charge in [0.2, 0.25) is 0 Å². The van der Waals surface area contributed by atoms with Crippen molar-refractivity contribution in [2.24, 2.45) is 5.92 Å². The predicted molar refractivity (Wildman–Crippen MR) is 99.5 cm³/mol. The van der Waals surface area contributed by atoms with E-state index in [1.165, 1.54) is 24.3 Å². The minimum absolute atomic E-state index is 0.0551. The van der Waals surface area contributed by atoms with Crippen molar-refractivity contribution in [2.75, 3.05) is 0 Å². The number of aromatic amines is 1. The van der Waals surface area contributed by atoms with Gasteiger partial charge >= 0.3 is 0 Å². The molecule has 0 fully saturated rings. The molecule has 0 aliphatic carbocycles. The molecule has 2 N–H and O–H groups in total. The third-order valence-corrected chi connectivity index (χ3v) is 4.09. The highest BCUT2D eigenvalue weighted by atomic mass is 19.1. The van der Waals surface area contributed by atoms with Crippen LogP contribution in [0.3, 0.4) is 0 Å². The Morgan fingerprint density at radius 1 is 1.19 bits per heavy atom. The topological polar surface area (TPSA) is 87.7 Å². The molecule has 0 spiro atoms. The molecule has 1 atom stereocenters. The SMILES string of the molecule is CC(C)[C@H](NC(=O)c1ccccc1F)c1cc(=O)[nH]c(-c2cccnc2)n1. The van der Waals surface area contributed by atoms with Gasteiger partial charge in [0.1, 0.15) is 11.6 Å². The van der Waals surface area contributed by atoms with Gasteiger partial charge in [-0.05, 0) is 30.2 Å². The highest BCUT2D eigenvalue weighted by Crippen LogP contribution is 2.22. The molecule has 27 heavy (non-hydrogen) atoms.